The normalized spacial score (nSPS) is 10.9. The predicted molar refractivity (Wildman–Crippen MR) is 114 cm³/mol. The van der Waals surface area contributed by atoms with E-state index in [0.717, 1.165) is 33.4 Å². The summed E-state index contributed by atoms with van der Waals surface area (Å²) in [6.45, 7) is 0.778. The highest BCUT2D eigenvalue weighted by Gasteiger charge is 2.12. The van der Waals surface area contributed by atoms with E-state index in [1.54, 1.807) is 19.2 Å². The van der Waals surface area contributed by atoms with Crippen molar-refractivity contribution in [1.29, 1.82) is 0 Å². The van der Waals surface area contributed by atoms with Crippen molar-refractivity contribution in [2.75, 3.05) is 20.3 Å². The Hall–Kier alpha value is -3.39. The zero-order chi connectivity index (χ0) is 20.9. The number of hydrogen-bond acceptors (Lipinski definition) is 5. The minimum absolute atomic E-state index is 0.0925. The van der Waals surface area contributed by atoms with Gasteiger partial charge in [-0.1, -0.05) is 0 Å². The molecule has 0 aliphatic heterocycles. The predicted octanol–water partition coefficient (Wildman–Crippen LogP) is 3.95. The Kier molecular flexibility index (Phi) is 5.94. The molecule has 0 bridgehead atoms. The third-order valence-electron chi connectivity index (χ3n) is 4.52. The zero-order valence-electron chi connectivity index (χ0n) is 16.3. The lowest BCUT2D eigenvalue weighted by atomic mass is 10.2. The molecule has 2 aromatic carbocycles. The third kappa shape index (κ3) is 4.60. The van der Waals surface area contributed by atoms with Crippen LogP contribution in [0.5, 0.6) is 11.5 Å². The molecular formula is C22H20FN3O3S. The highest BCUT2D eigenvalue weighted by Crippen LogP contribution is 2.24. The van der Waals surface area contributed by atoms with Crippen molar-refractivity contribution in [2.45, 2.75) is 6.42 Å². The standard InChI is InChI=1S/C22H20FN3O3S/c1-28-18-6-8-19(9-7-18)29-11-10-24-21(27)12-17-14-30-22-25-20(13-26(17)22)15-2-4-16(23)5-3-15/h2-9,13-14H,10-12H2,1H3,(H,24,27). The zero-order valence-corrected chi connectivity index (χ0v) is 17.1. The molecule has 6 nitrogen and oxygen atoms in total. The Morgan fingerprint density at radius 1 is 1.13 bits per heavy atom. The summed E-state index contributed by atoms with van der Waals surface area (Å²) in [5.74, 6) is 1.11. The van der Waals surface area contributed by atoms with E-state index in [-0.39, 0.29) is 18.1 Å². The molecule has 0 radical (unpaired) electrons. The first kappa shape index (κ1) is 19.9. The fourth-order valence-electron chi connectivity index (χ4n) is 2.97. The van der Waals surface area contributed by atoms with Gasteiger partial charge in [0.05, 0.1) is 25.8 Å². The summed E-state index contributed by atoms with van der Waals surface area (Å²) < 4.78 is 25.7. The van der Waals surface area contributed by atoms with Crippen molar-refractivity contribution in [1.82, 2.24) is 14.7 Å². The molecule has 0 spiro atoms. The van der Waals surface area contributed by atoms with E-state index in [9.17, 15) is 9.18 Å². The number of rotatable bonds is 8. The summed E-state index contributed by atoms with van der Waals surface area (Å²) in [4.78, 5) is 17.7. The van der Waals surface area contributed by atoms with E-state index in [1.807, 2.05) is 40.2 Å². The maximum atomic E-state index is 13.1. The first-order valence-electron chi connectivity index (χ1n) is 9.37. The van der Waals surface area contributed by atoms with Gasteiger partial charge in [-0.15, -0.1) is 11.3 Å². The van der Waals surface area contributed by atoms with Crippen LogP contribution in [0.1, 0.15) is 5.69 Å². The molecule has 154 valence electrons. The topological polar surface area (TPSA) is 64.9 Å². The number of amides is 1. The highest BCUT2D eigenvalue weighted by atomic mass is 32.1. The lowest BCUT2D eigenvalue weighted by Gasteiger charge is -2.08. The van der Waals surface area contributed by atoms with Crippen LogP contribution in [-0.4, -0.2) is 35.6 Å². The molecule has 30 heavy (non-hydrogen) atoms. The molecule has 0 aliphatic carbocycles. The number of ether oxygens (including phenoxy) is 2. The fourth-order valence-corrected chi connectivity index (χ4v) is 3.85. The van der Waals surface area contributed by atoms with Crippen molar-refractivity contribution in [3.63, 3.8) is 0 Å². The van der Waals surface area contributed by atoms with Crippen LogP contribution in [0.2, 0.25) is 0 Å². The Morgan fingerprint density at radius 2 is 1.87 bits per heavy atom. The van der Waals surface area contributed by atoms with Gasteiger partial charge in [-0.3, -0.25) is 9.20 Å². The Morgan fingerprint density at radius 3 is 2.60 bits per heavy atom. The molecule has 0 aliphatic rings. The number of halogens is 1. The summed E-state index contributed by atoms with van der Waals surface area (Å²) in [6.07, 6.45) is 2.11. The van der Waals surface area contributed by atoms with Gasteiger partial charge in [-0.25, -0.2) is 9.37 Å². The Labute approximate surface area is 176 Å². The molecule has 0 fully saturated rings. The van der Waals surface area contributed by atoms with E-state index in [2.05, 4.69) is 10.3 Å². The minimum atomic E-state index is -0.284. The van der Waals surface area contributed by atoms with Crippen molar-refractivity contribution >= 4 is 22.2 Å². The number of methoxy groups -OCH3 is 1. The van der Waals surface area contributed by atoms with Crippen LogP contribution < -0.4 is 14.8 Å². The van der Waals surface area contributed by atoms with Gasteiger partial charge >= 0.3 is 0 Å². The second-order valence-electron chi connectivity index (χ2n) is 6.56. The third-order valence-corrected chi connectivity index (χ3v) is 5.41. The largest absolute Gasteiger partial charge is 0.497 e. The molecule has 0 unspecified atom stereocenters. The fraction of sp³-hybridized carbons (Fsp3) is 0.182. The molecule has 0 atom stereocenters. The molecule has 4 aromatic rings. The smallest absolute Gasteiger partial charge is 0.226 e. The maximum Gasteiger partial charge on any atom is 0.226 e. The molecule has 8 heteroatoms. The van der Waals surface area contributed by atoms with Crippen LogP contribution in [0.25, 0.3) is 16.2 Å². The van der Waals surface area contributed by atoms with E-state index in [0.29, 0.717) is 13.2 Å². The first-order chi connectivity index (χ1) is 14.6. The average Bonchev–Trinajstić information content (AvgIpc) is 3.34. The number of carbonyl (C=O) groups excluding carboxylic acids is 1. The second kappa shape index (κ2) is 8.96. The second-order valence-corrected chi connectivity index (χ2v) is 7.40. The van der Waals surface area contributed by atoms with E-state index >= 15 is 0 Å². The first-order valence-corrected chi connectivity index (χ1v) is 10.3. The van der Waals surface area contributed by atoms with Gasteiger partial charge in [0.15, 0.2) is 4.96 Å². The molecule has 1 N–H and O–H groups in total. The molecule has 2 heterocycles. The molecule has 1 amide bonds. The number of imidazole rings is 1. The highest BCUT2D eigenvalue weighted by molar-refractivity contribution is 7.15. The number of fused-ring (bicyclic) bond motifs is 1. The van der Waals surface area contributed by atoms with Crippen LogP contribution in [-0.2, 0) is 11.2 Å². The number of thiazole rings is 1. The van der Waals surface area contributed by atoms with Gasteiger partial charge in [-0.05, 0) is 48.5 Å². The van der Waals surface area contributed by atoms with Crippen molar-refractivity contribution in [3.8, 4) is 22.8 Å². The number of hydrogen-bond donors (Lipinski definition) is 1. The van der Waals surface area contributed by atoms with Crippen molar-refractivity contribution in [2.24, 2.45) is 0 Å². The summed E-state index contributed by atoms with van der Waals surface area (Å²) in [6, 6.07) is 13.5. The summed E-state index contributed by atoms with van der Waals surface area (Å²) in [7, 11) is 1.61. The van der Waals surface area contributed by atoms with Crippen LogP contribution in [0.15, 0.2) is 60.1 Å². The van der Waals surface area contributed by atoms with E-state index in [1.165, 1.54) is 23.5 Å². The van der Waals surface area contributed by atoms with Gasteiger partial charge in [0.25, 0.3) is 0 Å². The van der Waals surface area contributed by atoms with Crippen molar-refractivity contribution in [3.05, 3.63) is 71.6 Å². The average molecular weight is 425 g/mol. The monoisotopic (exact) mass is 425 g/mol. The van der Waals surface area contributed by atoms with E-state index < -0.39 is 0 Å². The summed E-state index contributed by atoms with van der Waals surface area (Å²) in [5.41, 5.74) is 2.43. The van der Waals surface area contributed by atoms with Crippen LogP contribution >= 0.6 is 11.3 Å². The number of carbonyl (C=O) groups is 1. The van der Waals surface area contributed by atoms with Crippen LogP contribution in [0.3, 0.4) is 0 Å². The number of nitrogens with zero attached hydrogens (tertiary/aromatic N) is 2. The lowest BCUT2D eigenvalue weighted by molar-refractivity contribution is -0.120. The molecule has 0 saturated carbocycles. The molecule has 2 aromatic heterocycles. The molecular weight excluding hydrogens is 405 g/mol. The minimum Gasteiger partial charge on any atom is -0.497 e. The van der Waals surface area contributed by atoms with Gasteiger partial charge in [0.2, 0.25) is 5.91 Å². The Bertz CT molecular complexity index is 1140. The summed E-state index contributed by atoms with van der Waals surface area (Å²) in [5, 5.41) is 4.78. The molecule has 4 rings (SSSR count). The summed E-state index contributed by atoms with van der Waals surface area (Å²) >= 11 is 1.47. The Balaban J connectivity index is 1.31. The number of benzene rings is 2. The van der Waals surface area contributed by atoms with Gasteiger partial charge in [0, 0.05) is 22.8 Å². The van der Waals surface area contributed by atoms with E-state index in [4.69, 9.17) is 9.47 Å². The maximum absolute atomic E-state index is 13.1. The van der Waals surface area contributed by atoms with Gasteiger partial charge < -0.3 is 14.8 Å². The number of nitrogens with one attached hydrogen (secondary N) is 1. The molecule has 0 saturated heterocycles. The van der Waals surface area contributed by atoms with Crippen LogP contribution in [0.4, 0.5) is 4.39 Å². The lowest BCUT2D eigenvalue weighted by Crippen LogP contribution is -2.29. The van der Waals surface area contributed by atoms with Crippen LogP contribution in [0, 0.1) is 5.82 Å². The van der Waals surface area contributed by atoms with Gasteiger partial charge in [0.1, 0.15) is 23.9 Å². The van der Waals surface area contributed by atoms with Crippen molar-refractivity contribution < 1.29 is 18.7 Å². The quantitative estimate of drug-likeness (QED) is 0.434. The SMILES string of the molecule is COc1ccc(OCCNC(=O)Cc2csc3nc(-c4ccc(F)cc4)cn23)cc1. The number of aromatic nitrogens is 2. The van der Waals surface area contributed by atoms with Gasteiger partial charge in [-0.2, -0.15) is 0 Å².